The van der Waals surface area contributed by atoms with Crippen molar-refractivity contribution in [3.63, 3.8) is 0 Å². The van der Waals surface area contributed by atoms with Crippen LogP contribution in [0.5, 0.6) is 0 Å². The van der Waals surface area contributed by atoms with Crippen molar-refractivity contribution in [1.29, 1.82) is 0 Å². The van der Waals surface area contributed by atoms with Crippen molar-refractivity contribution >= 4 is 11.6 Å². The van der Waals surface area contributed by atoms with Crippen LogP contribution in [0.25, 0.3) is 11.1 Å². The van der Waals surface area contributed by atoms with Gasteiger partial charge in [0.2, 0.25) is 0 Å². The summed E-state index contributed by atoms with van der Waals surface area (Å²) in [4.78, 5) is 12.1. The Morgan fingerprint density at radius 1 is 1.48 bits per heavy atom. The van der Waals surface area contributed by atoms with Gasteiger partial charge in [0.05, 0.1) is 12.8 Å². The predicted octanol–water partition coefficient (Wildman–Crippen LogP) is 2.83. The first-order valence-corrected chi connectivity index (χ1v) is 7.24. The SMILES string of the molecule is CC(OCC1CC1)C(=O)Nc1cccc(-c2cn[nH]c2)c1. The van der Waals surface area contributed by atoms with E-state index in [1.165, 1.54) is 12.8 Å². The summed E-state index contributed by atoms with van der Waals surface area (Å²) in [5.41, 5.74) is 2.76. The highest BCUT2D eigenvalue weighted by molar-refractivity contribution is 5.94. The van der Waals surface area contributed by atoms with Crippen LogP contribution in [-0.2, 0) is 9.53 Å². The summed E-state index contributed by atoms with van der Waals surface area (Å²) in [6.45, 7) is 2.47. The molecule has 110 valence electrons. The molecule has 1 aromatic carbocycles. The van der Waals surface area contributed by atoms with E-state index < -0.39 is 6.10 Å². The van der Waals surface area contributed by atoms with E-state index in [-0.39, 0.29) is 5.91 Å². The molecule has 5 nitrogen and oxygen atoms in total. The van der Waals surface area contributed by atoms with E-state index in [4.69, 9.17) is 4.74 Å². The first-order valence-electron chi connectivity index (χ1n) is 7.24. The molecule has 3 rings (SSSR count). The van der Waals surface area contributed by atoms with Gasteiger partial charge in [-0.25, -0.2) is 0 Å². The first kappa shape index (κ1) is 13.8. The molecule has 1 aliphatic carbocycles. The zero-order chi connectivity index (χ0) is 14.7. The molecular formula is C16H19N3O2. The van der Waals surface area contributed by atoms with Crippen molar-refractivity contribution in [2.45, 2.75) is 25.9 Å². The standard InChI is InChI=1S/C16H19N3O2/c1-11(21-10-12-5-6-12)16(20)19-15-4-2-3-13(7-15)14-8-17-18-9-14/h2-4,7-9,11-12H,5-6,10H2,1H3,(H,17,18)(H,19,20). The van der Waals surface area contributed by atoms with Crippen LogP contribution in [0.1, 0.15) is 19.8 Å². The number of carbonyl (C=O) groups is 1. The zero-order valence-corrected chi connectivity index (χ0v) is 12.0. The molecule has 0 bridgehead atoms. The number of nitrogens with zero attached hydrogens (tertiary/aromatic N) is 1. The van der Waals surface area contributed by atoms with Crippen molar-refractivity contribution in [3.05, 3.63) is 36.7 Å². The number of aromatic nitrogens is 2. The van der Waals surface area contributed by atoms with E-state index in [9.17, 15) is 4.79 Å². The Labute approximate surface area is 123 Å². The van der Waals surface area contributed by atoms with Gasteiger partial charge in [-0.2, -0.15) is 5.10 Å². The molecule has 0 radical (unpaired) electrons. The van der Waals surface area contributed by atoms with Crippen molar-refractivity contribution in [3.8, 4) is 11.1 Å². The van der Waals surface area contributed by atoms with Crippen LogP contribution in [0, 0.1) is 5.92 Å². The van der Waals surface area contributed by atoms with Crippen LogP contribution in [0.3, 0.4) is 0 Å². The quantitative estimate of drug-likeness (QED) is 0.857. The van der Waals surface area contributed by atoms with Gasteiger partial charge in [-0.15, -0.1) is 0 Å². The van der Waals surface area contributed by atoms with E-state index in [0.29, 0.717) is 12.5 Å². The molecule has 21 heavy (non-hydrogen) atoms. The monoisotopic (exact) mass is 285 g/mol. The predicted molar refractivity (Wildman–Crippen MR) is 80.8 cm³/mol. The molecule has 1 heterocycles. The molecule has 1 aliphatic rings. The molecular weight excluding hydrogens is 266 g/mol. The molecule has 1 unspecified atom stereocenters. The topological polar surface area (TPSA) is 67.0 Å². The average molecular weight is 285 g/mol. The smallest absolute Gasteiger partial charge is 0.253 e. The van der Waals surface area contributed by atoms with Crippen LogP contribution in [0.4, 0.5) is 5.69 Å². The molecule has 5 heteroatoms. The van der Waals surface area contributed by atoms with Crippen LogP contribution in [-0.4, -0.2) is 28.8 Å². The Morgan fingerprint density at radius 3 is 3.05 bits per heavy atom. The number of carbonyl (C=O) groups excluding carboxylic acids is 1. The Kier molecular flexibility index (Phi) is 4.01. The highest BCUT2D eigenvalue weighted by Gasteiger charge is 2.24. The van der Waals surface area contributed by atoms with E-state index in [2.05, 4.69) is 15.5 Å². The van der Waals surface area contributed by atoms with Gasteiger partial charge >= 0.3 is 0 Å². The third kappa shape index (κ3) is 3.70. The van der Waals surface area contributed by atoms with Crippen LogP contribution in [0.2, 0.25) is 0 Å². The minimum absolute atomic E-state index is 0.111. The maximum absolute atomic E-state index is 12.1. The van der Waals surface area contributed by atoms with Crippen LogP contribution < -0.4 is 5.32 Å². The molecule has 0 aliphatic heterocycles. The van der Waals surface area contributed by atoms with Crippen LogP contribution in [0.15, 0.2) is 36.7 Å². The Hall–Kier alpha value is -2.14. The lowest BCUT2D eigenvalue weighted by Gasteiger charge is -2.13. The molecule has 1 atom stereocenters. The lowest BCUT2D eigenvalue weighted by molar-refractivity contribution is -0.126. The molecule has 0 spiro atoms. The minimum Gasteiger partial charge on any atom is -0.368 e. The lowest BCUT2D eigenvalue weighted by atomic mass is 10.1. The number of hydrogen-bond donors (Lipinski definition) is 2. The average Bonchev–Trinajstić information content (AvgIpc) is 3.16. The fourth-order valence-electron chi connectivity index (χ4n) is 2.07. The summed E-state index contributed by atoms with van der Waals surface area (Å²) in [7, 11) is 0. The van der Waals surface area contributed by atoms with Gasteiger partial charge in [0.25, 0.3) is 5.91 Å². The Morgan fingerprint density at radius 2 is 2.33 bits per heavy atom. The van der Waals surface area contributed by atoms with E-state index in [1.54, 1.807) is 13.1 Å². The fraction of sp³-hybridized carbons (Fsp3) is 0.375. The third-order valence-corrected chi connectivity index (χ3v) is 3.61. The Bertz CT molecular complexity index is 606. The number of nitrogens with one attached hydrogen (secondary N) is 2. The number of ether oxygens (including phenoxy) is 1. The summed E-state index contributed by atoms with van der Waals surface area (Å²) in [6, 6.07) is 7.69. The van der Waals surface area contributed by atoms with Crippen LogP contribution >= 0.6 is 0 Å². The van der Waals surface area contributed by atoms with Gasteiger partial charge in [-0.1, -0.05) is 12.1 Å². The number of benzene rings is 1. The highest BCUT2D eigenvalue weighted by Crippen LogP contribution is 2.29. The third-order valence-electron chi connectivity index (χ3n) is 3.61. The molecule has 0 saturated heterocycles. The summed E-state index contributed by atoms with van der Waals surface area (Å²) in [5.74, 6) is 0.546. The molecule has 2 aromatic rings. The van der Waals surface area contributed by atoms with E-state index in [1.807, 2.05) is 30.5 Å². The molecule has 1 amide bonds. The second kappa shape index (κ2) is 6.10. The number of amides is 1. The summed E-state index contributed by atoms with van der Waals surface area (Å²) in [6.07, 6.45) is 5.59. The second-order valence-electron chi connectivity index (χ2n) is 5.48. The van der Waals surface area contributed by atoms with Gasteiger partial charge < -0.3 is 10.1 Å². The number of anilines is 1. The van der Waals surface area contributed by atoms with Crippen molar-refractivity contribution in [2.24, 2.45) is 5.92 Å². The second-order valence-corrected chi connectivity index (χ2v) is 5.48. The van der Waals surface area contributed by atoms with Crippen molar-refractivity contribution in [1.82, 2.24) is 10.2 Å². The van der Waals surface area contributed by atoms with Gasteiger partial charge in [-0.05, 0) is 43.4 Å². The van der Waals surface area contributed by atoms with Gasteiger partial charge in [-0.3, -0.25) is 9.89 Å². The fourth-order valence-corrected chi connectivity index (χ4v) is 2.07. The molecule has 1 fully saturated rings. The summed E-state index contributed by atoms with van der Waals surface area (Å²) >= 11 is 0. The minimum atomic E-state index is -0.428. The van der Waals surface area contributed by atoms with Gasteiger partial charge in [0.15, 0.2) is 0 Å². The van der Waals surface area contributed by atoms with Crippen molar-refractivity contribution < 1.29 is 9.53 Å². The maximum atomic E-state index is 12.1. The normalized spacial score (nSPS) is 15.7. The Balaban J connectivity index is 1.61. The number of hydrogen-bond acceptors (Lipinski definition) is 3. The van der Waals surface area contributed by atoms with E-state index >= 15 is 0 Å². The molecule has 1 aromatic heterocycles. The first-order chi connectivity index (χ1) is 10.2. The lowest BCUT2D eigenvalue weighted by Crippen LogP contribution is -2.28. The number of H-pyrrole nitrogens is 1. The largest absolute Gasteiger partial charge is 0.368 e. The molecule has 1 saturated carbocycles. The summed E-state index contributed by atoms with van der Waals surface area (Å²) in [5, 5.41) is 9.61. The van der Waals surface area contributed by atoms with Crippen molar-refractivity contribution in [2.75, 3.05) is 11.9 Å². The zero-order valence-electron chi connectivity index (χ0n) is 12.0. The molecule has 2 N–H and O–H groups in total. The number of aromatic amines is 1. The highest BCUT2D eigenvalue weighted by atomic mass is 16.5. The maximum Gasteiger partial charge on any atom is 0.253 e. The number of rotatable bonds is 6. The summed E-state index contributed by atoms with van der Waals surface area (Å²) < 4.78 is 5.58. The van der Waals surface area contributed by atoms with Gasteiger partial charge in [0.1, 0.15) is 6.10 Å². The van der Waals surface area contributed by atoms with Gasteiger partial charge in [0, 0.05) is 17.4 Å². The van der Waals surface area contributed by atoms with E-state index in [0.717, 1.165) is 16.8 Å².